The number of likely N-dealkylation sites (tertiary alicyclic amines) is 1. The molecule has 1 saturated heterocycles. The summed E-state index contributed by atoms with van der Waals surface area (Å²) in [5, 5.41) is 2.96. The number of quaternary nitrogens is 1. The zero-order chi connectivity index (χ0) is 19.5. The van der Waals surface area contributed by atoms with Gasteiger partial charge >= 0.3 is 0 Å². The smallest absolute Gasteiger partial charge is 0.295 e. The molecule has 0 saturated carbocycles. The van der Waals surface area contributed by atoms with Crippen molar-refractivity contribution in [2.75, 3.05) is 25.0 Å². The highest BCUT2D eigenvalue weighted by molar-refractivity contribution is 5.93. The zero-order valence-electron chi connectivity index (χ0n) is 16.0. The normalized spacial score (nSPS) is 21.6. The number of anilines is 1. The number of hydrogen-bond acceptors (Lipinski definition) is 1. The van der Waals surface area contributed by atoms with E-state index in [1.54, 1.807) is 0 Å². The second kappa shape index (κ2) is 7.77. The van der Waals surface area contributed by atoms with E-state index in [2.05, 4.69) is 5.32 Å². The zero-order valence-corrected chi connectivity index (χ0v) is 16.0. The number of aryl methyl sites for hydroxylation is 2. The van der Waals surface area contributed by atoms with Gasteiger partial charge in [0, 0.05) is 24.1 Å². The monoisotopic (exact) mass is 373 g/mol. The Labute approximate surface area is 159 Å². The maximum atomic E-state index is 14.3. The summed E-state index contributed by atoms with van der Waals surface area (Å²) < 4.78 is 28.6. The van der Waals surface area contributed by atoms with Crippen LogP contribution in [-0.2, 0) is 11.3 Å². The summed E-state index contributed by atoms with van der Waals surface area (Å²) in [5.74, 6) is -2.94. The van der Waals surface area contributed by atoms with Gasteiger partial charge in [0.15, 0.2) is 6.54 Å². The van der Waals surface area contributed by atoms with Crippen molar-refractivity contribution in [3.63, 3.8) is 0 Å². The molecule has 0 spiro atoms. The number of amides is 1. The molecule has 1 fully saturated rings. The van der Waals surface area contributed by atoms with Crippen LogP contribution in [0.2, 0.25) is 0 Å². The minimum atomic E-state index is -2.73. The van der Waals surface area contributed by atoms with Gasteiger partial charge in [-0.05, 0) is 25.0 Å². The second-order valence-electron chi connectivity index (χ2n) is 7.80. The van der Waals surface area contributed by atoms with Gasteiger partial charge in [0.05, 0.1) is 6.54 Å². The first kappa shape index (κ1) is 19.5. The lowest BCUT2D eigenvalue weighted by Gasteiger charge is -2.43. The quantitative estimate of drug-likeness (QED) is 0.757. The number of hydrogen-bond donors (Lipinski definition) is 1. The number of nitrogens with one attached hydrogen (secondary N) is 1. The molecule has 2 aromatic carbocycles. The predicted molar refractivity (Wildman–Crippen MR) is 104 cm³/mol. The molecule has 1 heterocycles. The third kappa shape index (κ3) is 4.92. The molecule has 3 nitrogen and oxygen atoms in total. The molecule has 3 rings (SSSR count). The molecule has 0 aliphatic carbocycles. The van der Waals surface area contributed by atoms with Crippen LogP contribution < -0.4 is 5.32 Å². The number of para-hydroxylation sites is 1. The fourth-order valence-corrected chi connectivity index (χ4v) is 4.11. The number of rotatable bonds is 5. The van der Waals surface area contributed by atoms with Gasteiger partial charge in [-0.3, -0.25) is 4.79 Å². The van der Waals surface area contributed by atoms with Gasteiger partial charge in [-0.25, -0.2) is 8.78 Å². The maximum absolute atomic E-state index is 14.3. The molecule has 5 heteroatoms. The minimum absolute atomic E-state index is 0.0538. The molecule has 144 valence electrons. The Kier molecular flexibility index (Phi) is 5.61. The van der Waals surface area contributed by atoms with Crippen LogP contribution in [0.15, 0.2) is 48.5 Å². The van der Waals surface area contributed by atoms with Crippen LogP contribution in [0.3, 0.4) is 0 Å². The summed E-state index contributed by atoms with van der Waals surface area (Å²) in [6, 6.07) is 15.4. The molecular weight excluding hydrogens is 346 g/mol. The number of halogens is 2. The molecule has 1 aliphatic rings. The summed E-state index contributed by atoms with van der Waals surface area (Å²) in [7, 11) is 0. The topological polar surface area (TPSA) is 29.1 Å². The first-order valence-electron chi connectivity index (χ1n) is 9.42. The molecule has 1 N–H and O–H groups in total. The largest absolute Gasteiger partial charge is 0.321 e. The van der Waals surface area contributed by atoms with Gasteiger partial charge < -0.3 is 9.80 Å². The fraction of sp³-hybridized carbons (Fsp3) is 0.409. The maximum Gasteiger partial charge on any atom is 0.295 e. The van der Waals surface area contributed by atoms with Gasteiger partial charge in [0.2, 0.25) is 0 Å². The third-order valence-electron chi connectivity index (χ3n) is 5.33. The molecule has 0 radical (unpaired) electrons. The van der Waals surface area contributed by atoms with E-state index in [-0.39, 0.29) is 29.9 Å². The van der Waals surface area contributed by atoms with Gasteiger partial charge in [0.25, 0.3) is 11.8 Å². The molecule has 1 amide bonds. The number of alkyl halides is 2. The Bertz CT molecular complexity index is 787. The van der Waals surface area contributed by atoms with E-state index in [0.29, 0.717) is 19.5 Å². The number of piperidine rings is 1. The summed E-state index contributed by atoms with van der Waals surface area (Å²) >= 11 is 0. The number of nitrogens with zero attached hydrogens (tertiary/aromatic N) is 1. The van der Waals surface area contributed by atoms with Crippen LogP contribution in [0, 0.1) is 13.8 Å². The summed E-state index contributed by atoms with van der Waals surface area (Å²) in [4.78, 5) is 12.8. The standard InChI is InChI=1S/C22H26F2N2O/c1-17-8-6-9-18(2)21(17)25-20(27)15-26(13-7-12-22(23,24)16-26)14-19-10-4-3-5-11-19/h3-6,8-11H,7,12-16H2,1-2H3/p+1. The Morgan fingerprint density at radius 3 is 2.37 bits per heavy atom. The molecular formula is C22H27F2N2O+. The summed E-state index contributed by atoms with van der Waals surface area (Å²) in [6.45, 7) is 4.67. The van der Waals surface area contributed by atoms with Crippen molar-refractivity contribution < 1.29 is 18.1 Å². The van der Waals surface area contributed by atoms with Crippen LogP contribution in [0.1, 0.15) is 29.5 Å². The predicted octanol–water partition coefficient (Wildman–Crippen LogP) is 4.69. The van der Waals surface area contributed by atoms with Crippen molar-refractivity contribution in [2.45, 2.75) is 39.2 Å². The Morgan fingerprint density at radius 1 is 1.07 bits per heavy atom. The van der Waals surface area contributed by atoms with E-state index >= 15 is 0 Å². The average Bonchev–Trinajstić information content (AvgIpc) is 2.58. The van der Waals surface area contributed by atoms with Gasteiger partial charge in [-0.15, -0.1) is 0 Å². The van der Waals surface area contributed by atoms with Crippen molar-refractivity contribution in [3.05, 3.63) is 65.2 Å². The lowest BCUT2D eigenvalue weighted by atomic mass is 10.0. The van der Waals surface area contributed by atoms with E-state index in [9.17, 15) is 13.6 Å². The van der Waals surface area contributed by atoms with E-state index in [1.807, 2.05) is 62.4 Å². The van der Waals surface area contributed by atoms with E-state index < -0.39 is 5.92 Å². The van der Waals surface area contributed by atoms with Crippen LogP contribution in [0.5, 0.6) is 0 Å². The third-order valence-corrected chi connectivity index (χ3v) is 5.33. The Balaban J connectivity index is 1.82. The first-order chi connectivity index (χ1) is 12.8. The fourth-order valence-electron chi connectivity index (χ4n) is 4.11. The Morgan fingerprint density at radius 2 is 1.74 bits per heavy atom. The first-order valence-corrected chi connectivity index (χ1v) is 9.42. The molecule has 27 heavy (non-hydrogen) atoms. The van der Waals surface area contributed by atoms with Crippen molar-refractivity contribution in [2.24, 2.45) is 0 Å². The minimum Gasteiger partial charge on any atom is -0.321 e. The lowest BCUT2D eigenvalue weighted by Crippen LogP contribution is -2.60. The highest BCUT2D eigenvalue weighted by atomic mass is 19.3. The van der Waals surface area contributed by atoms with Gasteiger partial charge in [-0.1, -0.05) is 48.5 Å². The highest BCUT2D eigenvalue weighted by Crippen LogP contribution is 2.33. The molecule has 2 aromatic rings. The van der Waals surface area contributed by atoms with Crippen molar-refractivity contribution >= 4 is 11.6 Å². The van der Waals surface area contributed by atoms with E-state index in [1.165, 1.54) is 0 Å². The molecule has 0 aromatic heterocycles. The SMILES string of the molecule is Cc1cccc(C)c1NC(=O)C[N+]1(Cc2ccccc2)CCCC(F)(F)C1. The summed E-state index contributed by atoms with van der Waals surface area (Å²) in [5.41, 5.74) is 3.71. The van der Waals surface area contributed by atoms with E-state index in [4.69, 9.17) is 0 Å². The molecule has 0 bridgehead atoms. The Hall–Kier alpha value is -2.27. The van der Waals surface area contributed by atoms with Crippen LogP contribution in [0.4, 0.5) is 14.5 Å². The molecule has 1 aliphatic heterocycles. The van der Waals surface area contributed by atoms with Crippen LogP contribution in [-0.4, -0.2) is 35.9 Å². The van der Waals surface area contributed by atoms with Crippen LogP contribution >= 0.6 is 0 Å². The van der Waals surface area contributed by atoms with Crippen LogP contribution in [0.25, 0.3) is 0 Å². The number of benzene rings is 2. The van der Waals surface area contributed by atoms with Gasteiger partial charge in [0.1, 0.15) is 13.1 Å². The molecule has 1 unspecified atom stereocenters. The van der Waals surface area contributed by atoms with Crippen molar-refractivity contribution in [3.8, 4) is 0 Å². The summed E-state index contributed by atoms with van der Waals surface area (Å²) in [6.07, 6.45) is 0.330. The van der Waals surface area contributed by atoms with E-state index in [0.717, 1.165) is 22.4 Å². The average molecular weight is 373 g/mol. The van der Waals surface area contributed by atoms with Crippen molar-refractivity contribution in [1.82, 2.24) is 0 Å². The van der Waals surface area contributed by atoms with Gasteiger partial charge in [-0.2, -0.15) is 0 Å². The second-order valence-corrected chi connectivity index (χ2v) is 7.80. The highest BCUT2D eigenvalue weighted by Gasteiger charge is 2.46. The molecule has 1 atom stereocenters. The lowest BCUT2D eigenvalue weighted by molar-refractivity contribution is -0.945. The number of carbonyl (C=O) groups excluding carboxylic acids is 1. The van der Waals surface area contributed by atoms with Crippen molar-refractivity contribution in [1.29, 1.82) is 0 Å². The number of carbonyl (C=O) groups is 1.